The number of amides is 2. The van der Waals surface area contributed by atoms with Crippen LogP contribution in [-0.2, 0) is 16.1 Å². The molecule has 1 N–H and O–H groups in total. The second-order valence-electron chi connectivity index (χ2n) is 6.18. The van der Waals surface area contributed by atoms with E-state index in [1.165, 1.54) is 6.07 Å². The maximum absolute atomic E-state index is 13.8. The molecule has 1 aliphatic heterocycles. The van der Waals surface area contributed by atoms with Crippen molar-refractivity contribution in [3.8, 4) is 0 Å². The van der Waals surface area contributed by atoms with Crippen molar-refractivity contribution in [2.24, 2.45) is 0 Å². The number of fused-ring (bicyclic) bond motifs is 1. The highest BCUT2D eigenvalue weighted by Gasteiger charge is 2.32. The molecule has 0 aliphatic carbocycles. The van der Waals surface area contributed by atoms with E-state index in [1.807, 2.05) is 22.9 Å². The van der Waals surface area contributed by atoms with Crippen LogP contribution in [-0.4, -0.2) is 41.2 Å². The quantitative estimate of drug-likeness (QED) is 0.815. The van der Waals surface area contributed by atoms with E-state index in [4.69, 9.17) is 4.74 Å². The summed E-state index contributed by atoms with van der Waals surface area (Å²) in [6.45, 7) is 3.13. The van der Waals surface area contributed by atoms with Gasteiger partial charge < -0.3 is 19.5 Å². The summed E-state index contributed by atoms with van der Waals surface area (Å²) < 4.78 is 33.9. The zero-order valence-electron chi connectivity index (χ0n) is 15.0. The van der Waals surface area contributed by atoms with E-state index in [-0.39, 0.29) is 31.6 Å². The van der Waals surface area contributed by atoms with Gasteiger partial charge in [-0.3, -0.25) is 4.79 Å². The molecule has 8 heteroatoms. The number of nitrogens with zero attached hydrogens (tertiary/aromatic N) is 2. The van der Waals surface area contributed by atoms with Crippen molar-refractivity contribution in [1.82, 2.24) is 14.8 Å². The predicted octanol–water partition coefficient (Wildman–Crippen LogP) is 2.83. The third kappa shape index (κ3) is 4.10. The molecule has 0 bridgehead atoms. The van der Waals surface area contributed by atoms with Crippen molar-refractivity contribution in [3.63, 3.8) is 0 Å². The number of urea groups is 1. The molecule has 0 radical (unpaired) electrons. The van der Waals surface area contributed by atoms with Crippen LogP contribution in [0, 0.1) is 11.6 Å². The third-order valence-electron chi connectivity index (χ3n) is 4.47. The number of carbonyl (C=O) groups is 2. The number of nitrogens with one attached hydrogen (secondary N) is 1. The first-order valence-corrected chi connectivity index (χ1v) is 8.81. The summed E-state index contributed by atoms with van der Waals surface area (Å²) in [5.41, 5.74) is 1.29. The van der Waals surface area contributed by atoms with E-state index < -0.39 is 17.7 Å². The van der Waals surface area contributed by atoms with E-state index in [1.54, 1.807) is 11.8 Å². The van der Waals surface area contributed by atoms with E-state index in [0.717, 1.165) is 17.8 Å². The van der Waals surface area contributed by atoms with Gasteiger partial charge in [-0.2, -0.15) is 0 Å². The minimum absolute atomic E-state index is 0.0691. The number of carbonyl (C=O) groups excluding carboxylic acids is 2. The second kappa shape index (κ2) is 8.20. The maximum atomic E-state index is 13.8. The monoisotopic (exact) mass is 377 g/mol. The first-order valence-electron chi connectivity index (χ1n) is 8.81. The van der Waals surface area contributed by atoms with Crippen LogP contribution < -0.4 is 5.32 Å². The number of rotatable bonds is 5. The number of halogens is 2. The van der Waals surface area contributed by atoms with Crippen LogP contribution in [0.5, 0.6) is 0 Å². The molecule has 1 aromatic carbocycles. The molecule has 27 heavy (non-hydrogen) atoms. The molecule has 1 atom stereocenters. The van der Waals surface area contributed by atoms with Crippen LogP contribution in [0.4, 0.5) is 13.6 Å². The Kier molecular flexibility index (Phi) is 5.73. The number of esters is 1. The molecule has 1 aromatic heterocycles. The average molecular weight is 377 g/mol. The largest absolute Gasteiger partial charge is 0.466 e. The Bertz CT molecular complexity index is 837. The third-order valence-corrected chi connectivity index (χ3v) is 4.47. The van der Waals surface area contributed by atoms with Crippen molar-refractivity contribution in [1.29, 1.82) is 0 Å². The van der Waals surface area contributed by atoms with Gasteiger partial charge in [0, 0.05) is 31.5 Å². The number of aromatic nitrogens is 1. The van der Waals surface area contributed by atoms with Gasteiger partial charge in [0.05, 0.1) is 19.1 Å². The Morgan fingerprint density at radius 3 is 2.78 bits per heavy atom. The van der Waals surface area contributed by atoms with Crippen LogP contribution in [0.2, 0.25) is 0 Å². The van der Waals surface area contributed by atoms with Crippen LogP contribution in [0.15, 0.2) is 36.5 Å². The molecule has 3 rings (SSSR count). The molecule has 0 saturated carbocycles. The first kappa shape index (κ1) is 18.9. The Balaban J connectivity index is 1.79. The maximum Gasteiger partial charge on any atom is 0.318 e. The average Bonchev–Trinajstić information content (AvgIpc) is 3.12. The summed E-state index contributed by atoms with van der Waals surface area (Å²) in [6, 6.07) is 6.43. The fourth-order valence-corrected chi connectivity index (χ4v) is 3.24. The topological polar surface area (TPSA) is 63.6 Å². The summed E-state index contributed by atoms with van der Waals surface area (Å²) in [7, 11) is 0. The molecule has 2 aromatic rings. The summed E-state index contributed by atoms with van der Waals surface area (Å²) in [4.78, 5) is 25.7. The van der Waals surface area contributed by atoms with Crippen molar-refractivity contribution in [2.45, 2.75) is 25.9 Å². The number of hydrogen-bond acceptors (Lipinski definition) is 3. The number of hydrogen-bond donors (Lipinski definition) is 1. The minimum atomic E-state index is -0.959. The lowest BCUT2D eigenvalue weighted by molar-refractivity contribution is -0.142. The summed E-state index contributed by atoms with van der Waals surface area (Å²) >= 11 is 0. The van der Waals surface area contributed by atoms with Crippen LogP contribution in [0.25, 0.3) is 0 Å². The first-order chi connectivity index (χ1) is 13.0. The van der Waals surface area contributed by atoms with Gasteiger partial charge in [0.15, 0.2) is 11.6 Å². The lowest BCUT2D eigenvalue weighted by Gasteiger charge is -2.37. The number of ether oxygens (including phenoxy) is 1. The van der Waals surface area contributed by atoms with Crippen molar-refractivity contribution < 1.29 is 23.1 Å². The molecular formula is C19H21F2N3O3. The van der Waals surface area contributed by atoms with Crippen LogP contribution >= 0.6 is 0 Å². The second-order valence-corrected chi connectivity index (χ2v) is 6.18. The van der Waals surface area contributed by atoms with Gasteiger partial charge in [-0.1, -0.05) is 6.07 Å². The molecule has 0 saturated heterocycles. The minimum Gasteiger partial charge on any atom is -0.466 e. The van der Waals surface area contributed by atoms with Gasteiger partial charge >= 0.3 is 12.0 Å². The fourth-order valence-electron chi connectivity index (χ4n) is 3.24. The standard InChI is InChI=1S/C19H21F2N3O3/c1-2-27-17(25)7-8-22-19(26)24-11-10-23-9-3-4-16(23)18(24)13-5-6-14(20)15(21)12-13/h3-6,9,12,18H,2,7-8,10-11H2,1H3,(H,22,26)/t18-/m0/s1. The summed E-state index contributed by atoms with van der Waals surface area (Å²) in [5, 5.41) is 2.70. The van der Waals surface area contributed by atoms with E-state index >= 15 is 0 Å². The van der Waals surface area contributed by atoms with Gasteiger partial charge in [0.25, 0.3) is 0 Å². The van der Waals surface area contributed by atoms with Crippen molar-refractivity contribution in [2.75, 3.05) is 19.7 Å². The van der Waals surface area contributed by atoms with Gasteiger partial charge in [0.1, 0.15) is 0 Å². The Labute approximate surface area is 155 Å². The van der Waals surface area contributed by atoms with Crippen LogP contribution in [0.3, 0.4) is 0 Å². The fraction of sp³-hybridized carbons (Fsp3) is 0.368. The molecule has 0 spiro atoms. The molecule has 1 aliphatic rings. The van der Waals surface area contributed by atoms with Gasteiger partial charge in [-0.25, -0.2) is 13.6 Å². The van der Waals surface area contributed by atoms with Crippen molar-refractivity contribution in [3.05, 3.63) is 59.4 Å². The molecule has 0 fully saturated rings. The predicted molar refractivity (Wildman–Crippen MR) is 94.0 cm³/mol. The van der Waals surface area contributed by atoms with Gasteiger partial charge in [-0.15, -0.1) is 0 Å². The molecule has 6 nitrogen and oxygen atoms in total. The molecule has 2 heterocycles. The lowest BCUT2D eigenvalue weighted by Crippen LogP contribution is -2.47. The lowest BCUT2D eigenvalue weighted by atomic mass is 10.00. The normalized spacial score (nSPS) is 16.0. The molecular weight excluding hydrogens is 356 g/mol. The van der Waals surface area contributed by atoms with E-state index in [2.05, 4.69) is 5.32 Å². The van der Waals surface area contributed by atoms with Gasteiger partial charge in [0.2, 0.25) is 0 Å². The Morgan fingerprint density at radius 1 is 1.22 bits per heavy atom. The van der Waals surface area contributed by atoms with Crippen LogP contribution in [0.1, 0.15) is 30.6 Å². The highest BCUT2D eigenvalue weighted by atomic mass is 19.2. The zero-order valence-corrected chi connectivity index (χ0v) is 15.0. The zero-order chi connectivity index (χ0) is 19.4. The van der Waals surface area contributed by atoms with Crippen molar-refractivity contribution >= 4 is 12.0 Å². The highest BCUT2D eigenvalue weighted by molar-refractivity contribution is 5.76. The van der Waals surface area contributed by atoms with E-state index in [0.29, 0.717) is 18.7 Å². The SMILES string of the molecule is CCOC(=O)CCNC(=O)N1CCn2cccc2[C@@H]1c1ccc(F)c(F)c1. The van der Waals surface area contributed by atoms with Gasteiger partial charge in [-0.05, 0) is 36.8 Å². The van der Waals surface area contributed by atoms with E-state index in [9.17, 15) is 18.4 Å². The Hall–Kier alpha value is -2.90. The molecule has 2 amide bonds. The molecule has 144 valence electrons. The Morgan fingerprint density at radius 2 is 2.04 bits per heavy atom. The highest BCUT2D eigenvalue weighted by Crippen LogP contribution is 2.33. The molecule has 0 unspecified atom stereocenters. The summed E-state index contributed by atoms with van der Waals surface area (Å²) in [5.74, 6) is -2.28. The smallest absolute Gasteiger partial charge is 0.318 e. The number of benzene rings is 1. The summed E-state index contributed by atoms with van der Waals surface area (Å²) in [6.07, 6.45) is 1.96.